The molecule has 2 N–H and O–H groups in total. The number of nitrogens with one attached hydrogen (secondary N) is 2. The van der Waals surface area contributed by atoms with E-state index in [-0.39, 0.29) is 17.4 Å². The van der Waals surface area contributed by atoms with Crippen LogP contribution in [0.1, 0.15) is 50.8 Å². The average molecular weight is 475 g/mol. The number of nitrogens with zero attached hydrogens (tertiary/aromatic N) is 2. The number of aryl methyl sites for hydroxylation is 1. The van der Waals surface area contributed by atoms with E-state index in [1.54, 1.807) is 6.07 Å². The normalized spacial score (nSPS) is 16.4. The zero-order chi connectivity index (χ0) is 24.7. The van der Waals surface area contributed by atoms with Crippen molar-refractivity contribution in [2.24, 2.45) is 5.41 Å². The van der Waals surface area contributed by atoms with Crippen molar-refractivity contribution in [1.82, 2.24) is 10.2 Å². The highest BCUT2D eigenvalue weighted by Crippen LogP contribution is 2.35. The van der Waals surface area contributed by atoms with Crippen molar-refractivity contribution in [2.45, 2.75) is 46.6 Å². The Kier molecular flexibility index (Phi) is 5.75. The highest BCUT2D eigenvalue weighted by Gasteiger charge is 2.27. The van der Waals surface area contributed by atoms with Gasteiger partial charge in [-0.25, -0.2) is 9.89 Å². The van der Waals surface area contributed by atoms with Crippen molar-refractivity contribution in [3.8, 4) is 11.5 Å². The molecule has 0 aliphatic carbocycles. The molecule has 1 atom stereocenters. The molecule has 1 fully saturated rings. The number of benzene rings is 2. The molecule has 2 aromatic heterocycles. The lowest BCUT2D eigenvalue weighted by Crippen LogP contribution is -2.37. The molecule has 0 amide bonds. The summed E-state index contributed by atoms with van der Waals surface area (Å²) < 4.78 is 11.6. The standard InChI is InChI=1S/C27H30N4O4/c1-16-13-19(17(2)28-21-8-6-5-7-18(21)25-29-30-26(33)35-25)24-20(14-16)22(32)15-23(34-24)31-11-9-27(3,4)10-12-31/h5-8,13-15,17,28H,9-12H2,1-4H3,(H,30,33). The Morgan fingerprint density at radius 3 is 2.54 bits per heavy atom. The molecule has 1 aliphatic heterocycles. The summed E-state index contributed by atoms with van der Waals surface area (Å²) in [5.74, 6) is 0.221. The van der Waals surface area contributed by atoms with E-state index in [0.29, 0.717) is 27.8 Å². The van der Waals surface area contributed by atoms with Gasteiger partial charge in [-0.15, -0.1) is 5.10 Å². The molecular formula is C27H30N4O4. The third kappa shape index (κ3) is 4.60. The number of aromatic nitrogens is 2. The Labute approximate surface area is 203 Å². The summed E-state index contributed by atoms with van der Waals surface area (Å²) in [5.41, 5.74) is 4.12. The first-order valence-corrected chi connectivity index (χ1v) is 11.9. The van der Waals surface area contributed by atoms with Gasteiger partial charge in [-0.2, -0.15) is 0 Å². The van der Waals surface area contributed by atoms with Crippen LogP contribution in [0, 0.1) is 12.3 Å². The molecule has 0 bridgehead atoms. The SMILES string of the molecule is Cc1cc(C(C)Nc2ccccc2-c2n[nH]c(=O)o2)c2oc(N3CCC(C)(C)CC3)cc(=O)c2c1. The maximum absolute atomic E-state index is 13.1. The van der Waals surface area contributed by atoms with Crippen molar-refractivity contribution in [3.05, 3.63) is 74.4 Å². The second-order valence-corrected chi connectivity index (χ2v) is 10.2. The van der Waals surface area contributed by atoms with Crippen molar-refractivity contribution < 1.29 is 8.83 Å². The largest absolute Gasteiger partial charge is 0.440 e. The van der Waals surface area contributed by atoms with E-state index >= 15 is 0 Å². The number of anilines is 2. The summed E-state index contributed by atoms with van der Waals surface area (Å²) in [6, 6.07) is 12.8. The van der Waals surface area contributed by atoms with Crippen LogP contribution in [-0.2, 0) is 0 Å². The van der Waals surface area contributed by atoms with Crippen LogP contribution in [-0.4, -0.2) is 23.3 Å². The van der Waals surface area contributed by atoms with E-state index in [1.165, 1.54) is 0 Å². The van der Waals surface area contributed by atoms with Crippen LogP contribution in [0.2, 0.25) is 0 Å². The molecule has 182 valence electrons. The maximum atomic E-state index is 13.1. The minimum atomic E-state index is -0.608. The topological polar surface area (TPSA) is 104 Å². The van der Waals surface area contributed by atoms with Crippen LogP contribution < -0.4 is 21.4 Å². The van der Waals surface area contributed by atoms with Gasteiger partial charge in [0, 0.05) is 30.4 Å². The second kappa shape index (κ2) is 8.76. The monoisotopic (exact) mass is 474 g/mol. The van der Waals surface area contributed by atoms with E-state index < -0.39 is 5.76 Å². The summed E-state index contributed by atoms with van der Waals surface area (Å²) in [4.78, 5) is 26.8. The van der Waals surface area contributed by atoms with Gasteiger partial charge in [0.1, 0.15) is 5.58 Å². The Morgan fingerprint density at radius 1 is 1.09 bits per heavy atom. The lowest BCUT2D eigenvalue weighted by atomic mass is 9.83. The molecule has 1 unspecified atom stereocenters. The molecule has 0 spiro atoms. The van der Waals surface area contributed by atoms with Gasteiger partial charge in [-0.3, -0.25) is 4.79 Å². The molecule has 1 aliphatic rings. The lowest BCUT2D eigenvalue weighted by Gasteiger charge is -2.37. The minimum absolute atomic E-state index is 0.0399. The molecule has 8 heteroatoms. The Hall–Kier alpha value is -3.81. The van der Waals surface area contributed by atoms with Gasteiger partial charge in [-0.1, -0.05) is 32.0 Å². The molecule has 8 nitrogen and oxygen atoms in total. The average Bonchev–Trinajstić information content (AvgIpc) is 3.25. The summed E-state index contributed by atoms with van der Waals surface area (Å²) in [5, 5.41) is 10.3. The van der Waals surface area contributed by atoms with Crippen molar-refractivity contribution in [2.75, 3.05) is 23.3 Å². The second-order valence-electron chi connectivity index (χ2n) is 10.2. The summed E-state index contributed by atoms with van der Waals surface area (Å²) in [6.45, 7) is 10.3. The van der Waals surface area contributed by atoms with Gasteiger partial charge in [0.25, 0.3) is 5.89 Å². The molecule has 3 heterocycles. The summed E-state index contributed by atoms with van der Waals surface area (Å²) in [6.07, 6.45) is 2.10. The van der Waals surface area contributed by atoms with Crippen LogP contribution in [0.5, 0.6) is 0 Å². The van der Waals surface area contributed by atoms with Crippen LogP contribution in [0.15, 0.2) is 60.9 Å². The number of hydrogen-bond acceptors (Lipinski definition) is 7. The van der Waals surface area contributed by atoms with Gasteiger partial charge in [-0.05, 0) is 55.9 Å². The molecule has 5 rings (SSSR count). The quantitative estimate of drug-likeness (QED) is 0.407. The summed E-state index contributed by atoms with van der Waals surface area (Å²) >= 11 is 0. The zero-order valence-corrected chi connectivity index (χ0v) is 20.5. The van der Waals surface area contributed by atoms with E-state index in [9.17, 15) is 9.59 Å². The fourth-order valence-electron chi connectivity index (χ4n) is 4.68. The maximum Gasteiger partial charge on any atom is 0.434 e. The van der Waals surface area contributed by atoms with Crippen molar-refractivity contribution >= 4 is 22.5 Å². The predicted octanol–water partition coefficient (Wildman–Crippen LogP) is 5.24. The predicted molar refractivity (Wildman–Crippen MR) is 137 cm³/mol. The number of hydrogen-bond donors (Lipinski definition) is 2. The Morgan fingerprint density at radius 2 is 1.83 bits per heavy atom. The number of aromatic amines is 1. The summed E-state index contributed by atoms with van der Waals surface area (Å²) in [7, 11) is 0. The number of H-pyrrole nitrogens is 1. The van der Waals surface area contributed by atoms with Crippen LogP contribution in [0.3, 0.4) is 0 Å². The first-order chi connectivity index (χ1) is 16.7. The number of para-hydroxylation sites is 1. The highest BCUT2D eigenvalue weighted by molar-refractivity contribution is 5.83. The smallest absolute Gasteiger partial charge is 0.434 e. The van der Waals surface area contributed by atoms with E-state index in [0.717, 1.165) is 42.7 Å². The lowest BCUT2D eigenvalue weighted by molar-refractivity contribution is 0.274. The molecular weight excluding hydrogens is 444 g/mol. The molecule has 0 saturated carbocycles. The van der Waals surface area contributed by atoms with E-state index in [2.05, 4.69) is 34.3 Å². The van der Waals surface area contributed by atoms with E-state index in [1.807, 2.05) is 50.2 Å². The number of fused-ring (bicyclic) bond motifs is 1. The van der Waals surface area contributed by atoms with Crippen LogP contribution >= 0.6 is 0 Å². The van der Waals surface area contributed by atoms with Gasteiger partial charge < -0.3 is 19.1 Å². The molecule has 1 saturated heterocycles. The Balaban J connectivity index is 1.53. The third-order valence-electron chi connectivity index (χ3n) is 6.85. The van der Waals surface area contributed by atoms with Gasteiger partial charge in [0.2, 0.25) is 0 Å². The highest BCUT2D eigenvalue weighted by atomic mass is 16.4. The molecule has 0 radical (unpaired) electrons. The fraction of sp³-hybridized carbons (Fsp3) is 0.370. The van der Waals surface area contributed by atoms with E-state index in [4.69, 9.17) is 8.83 Å². The Bertz CT molecular complexity index is 1490. The van der Waals surface area contributed by atoms with Crippen LogP contribution in [0.4, 0.5) is 11.6 Å². The van der Waals surface area contributed by atoms with Crippen LogP contribution in [0.25, 0.3) is 22.4 Å². The van der Waals surface area contributed by atoms with Gasteiger partial charge in [0.15, 0.2) is 11.3 Å². The molecule has 2 aromatic carbocycles. The first-order valence-electron chi connectivity index (χ1n) is 11.9. The molecule has 35 heavy (non-hydrogen) atoms. The van der Waals surface area contributed by atoms with Gasteiger partial charge >= 0.3 is 5.76 Å². The van der Waals surface area contributed by atoms with Crippen molar-refractivity contribution in [3.63, 3.8) is 0 Å². The number of rotatable bonds is 5. The zero-order valence-electron chi connectivity index (χ0n) is 20.5. The molecule has 4 aromatic rings. The fourth-order valence-corrected chi connectivity index (χ4v) is 4.68. The third-order valence-corrected chi connectivity index (χ3v) is 6.85. The van der Waals surface area contributed by atoms with Gasteiger partial charge in [0.05, 0.1) is 17.0 Å². The first kappa shape index (κ1) is 23.0. The minimum Gasteiger partial charge on any atom is -0.440 e. The number of piperidine rings is 1. The van der Waals surface area contributed by atoms with Crippen molar-refractivity contribution in [1.29, 1.82) is 0 Å².